The van der Waals surface area contributed by atoms with Crippen LogP contribution < -0.4 is 15.4 Å². The highest BCUT2D eigenvalue weighted by atomic mass is 16.5. The number of rotatable bonds is 4. The van der Waals surface area contributed by atoms with Crippen LogP contribution in [0.4, 0.5) is 5.69 Å². The normalized spacial score (nSPS) is 13.3. The van der Waals surface area contributed by atoms with Crippen LogP contribution in [0.15, 0.2) is 42.5 Å². The molecule has 2 amide bonds. The van der Waals surface area contributed by atoms with Crippen molar-refractivity contribution in [2.45, 2.75) is 19.8 Å². The second kappa shape index (κ2) is 7.17. The van der Waals surface area contributed by atoms with Gasteiger partial charge in [-0.05, 0) is 42.7 Å². The van der Waals surface area contributed by atoms with Gasteiger partial charge in [-0.3, -0.25) is 9.59 Å². The van der Waals surface area contributed by atoms with Crippen molar-refractivity contribution in [2.24, 2.45) is 0 Å². The van der Waals surface area contributed by atoms with E-state index in [9.17, 15) is 9.59 Å². The molecule has 0 atom stereocenters. The van der Waals surface area contributed by atoms with E-state index in [1.807, 2.05) is 49.4 Å². The third kappa shape index (κ3) is 3.74. The fraction of sp³-hybridized carbons (Fsp3) is 0.263. The summed E-state index contributed by atoms with van der Waals surface area (Å²) >= 11 is 0. The van der Waals surface area contributed by atoms with Crippen LogP contribution in [0.5, 0.6) is 5.75 Å². The molecule has 0 saturated heterocycles. The minimum Gasteiger partial charge on any atom is -0.491 e. The van der Waals surface area contributed by atoms with Crippen LogP contribution in [0.25, 0.3) is 0 Å². The van der Waals surface area contributed by atoms with Crippen LogP contribution >= 0.6 is 0 Å². The highest BCUT2D eigenvalue weighted by Crippen LogP contribution is 2.28. The maximum atomic E-state index is 12.2. The molecule has 1 aliphatic rings. The first kappa shape index (κ1) is 16.1. The standard InChI is InChI=1S/C19H20N2O3/c1-13-4-2-3-5-15(13)19(23)20-10-8-14-6-7-17-16(12-14)21-18(22)9-11-24-17/h2-7,12H,8-11H2,1H3,(H,20,23)(H,21,22). The van der Waals surface area contributed by atoms with Crippen molar-refractivity contribution in [1.29, 1.82) is 0 Å². The molecule has 3 rings (SSSR count). The number of carbonyl (C=O) groups is 2. The summed E-state index contributed by atoms with van der Waals surface area (Å²) < 4.78 is 5.53. The lowest BCUT2D eigenvalue weighted by atomic mass is 10.1. The van der Waals surface area contributed by atoms with Gasteiger partial charge in [0.2, 0.25) is 5.91 Å². The van der Waals surface area contributed by atoms with Crippen LogP contribution in [-0.2, 0) is 11.2 Å². The minimum atomic E-state index is -0.0699. The molecule has 2 N–H and O–H groups in total. The van der Waals surface area contributed by atoms with Crippen LogP contribution in [0.2, 0.25) is 0 Å². The lowest BCUT2D eigenvalue weighted by molar-refractivity contribution is -0.116. The lowest BCUT2D eigenvalue weighted by Gasteiger charge is -2.10. The smallest absolute Gasteiger partial charge is 0.251 e. The molecule has 2 aromatic rings. The number of hydrogen-bond donors (Lipinski definition) is 2. The quantitative estimate of drug-likeness (QED) is 0.908. The average molecular weight is 324 g/mol. The molecule has 5 nitrogen and oxygen atoms in total. The Morgan fingerprint density at radius 2 is 2.08 bits per heavy atom. The number of carbonyl (C=O) groups excluding carboxylic acids is 2. The number of aryl methyl sites for hydroxylation is 1. The van der Waals surface area contributed by atoms with Gasteiger partial charge < -0.3 is 15.4 Å². The van der Waals surface area contributed by atoms with Gasteiger partial charge in [-0.1, -0.05) is 24.3 Å². The van der Waals surface area contributed by atoms with Gasteiger partial charge in [0.25, 0.3) is 5.91 Å². The van der Waals surface area contributed by atoms with Crippen molar-refractivity contribution < 1.29 is 14.3 Å². The van der Waals surface area contributed by atoms with Gasteiger partial charge in [0, 0.05) is 12.1 Å². The maximum Gasteiger partial charge on any atom is 0.251 e. The number of hydrogen-bond acceptors (Lipinski definition) is 3. The van der Waals surface area contributed by atoms with Gasteiger partial charge in [-0.25, -0.2) is 0 Å². The second-order valence-corrected chi connectivity index (χ2v) is 5.80. The van der Waals surface area contributed by atoms with Crippen molar-refractivity contribution >= 4 is 17.5 Å². The van der Waals surface area contributed by atoms with E-state index >= 15 is 0 Å². The second-order valence-electron chi connectivity index (χ2n) is 5.80. The van der Waals surface area contributed by atoms with E-state index in [1.54, 1.807) is 0 Å². The van der Waals surface area contributed by atoms with E-state index in [0.717, 1.165) is 11.1 Å². The molecule has 5 heteroatoms. The Bertz CT molecular complexity index is 771. The Morgan fingerprint density at radius 3 is 2.92 bits per heavy atom. The van der Waals surface area contributed by atoms with Crippen molar-refractivity contribution in [1.82, 2.24) is 5.32 Å². The number of fused-ring (bicyclic) bond motifs is 1. The largest absolute Gasteiger partial charge is 0.491 e. The van der Waals surface area contributed by atoms with Crippen molar-refractivity contribution in [3.63, 3.8) is 0 Å². The summed E-state index contributed by atoms with van der Waals surface area (Å²) in [5.74, 6) is 0.576. The monoisotopic (exact) mass is 324 g/mol. The molecule has 1 heterocycles. The minimum absolute atomic E-state index is 0.0428. The van der Waals surface area contributed by atoms with Crippen LogP contribution in [0.3, 0.4) is 0 Å². The van der Waals surface area contributed by atoms with Crippen molar-refractivity contribution in [2.75, 3.05) is 18.5 Å². The highest BCUT2D eigenvalue weighted by Gasteiger charge is 2.14. The van der Waals surface area contributed by atoms with Gasteiger partial charge in [-0.2, -0.15) is 0 Å². The summed E-state index contributed by atoms with van der Waals surface area (Å²) in [5, 5.41) is 5.78. The fourth-order valence-corrected chi connectivity index (χ4v) is 2.67. The molecular formula is C19H20N2O3. The van der Waals surface area contributed by atoms with E-state index in [0.29, 0.717) is 43.0 Å². The number of amides is 2. The molecule has 0 unspecified atom stereocenters. The van der Waals surface area contributed by atoms with Crippen LogP contribution in [0.1, 0.15) is 27.9 Å². The highest BCUT2D eigenvalue weighted by molar-refractivity contribution is 5.95. The zero-order chi connectivity index (χ0) is 16.9. The Kier molecular flexibility index (Phi) is 4.79. The zero-order valence-corrected chi connectivity index (χ0v) is 13.6. The predicted molar refractivity (Wildman–Crippen MR) is 92.4 cm³/mol. The first-order valence-corrected chi connectivity index (χ1v) is 8.03. The van der Waals surface area contributed by atoms with Crippen molar-refractivity contribution in [3.8, 4) is 5.75 Å². The molecule has 0 aromatic heterocycles. The van der Waals surface area contributed by atoms with E-state index < -0.39 is 0 Å². The molecule has 24 heavy (non-hydrogen) atoms. The van der Waals surface area contributed by atoms with E-state index in [4.69, 9.17) is 4.74 Å². The summed E-state index contributed by atoms with van der Waals surface area (Å²) in [6.45, 7) is 2.84. The van der Waals surface area contributed by atoms with E-state index in [2.05, 4.69) is 10.6 Å². The fourth-order valence-electron chi connectivity index (χ4n) is 2.67. The molecule has 2 aromatic carbocycles. The molecule has 1 aliphatic heterocycles. The number of anilines is 1. The number of benzene rings is 2. The number of nitrogens with one attached hydrogen (secondary N) is 2. The first-order chi connectivity index (χ1) is 11.6. The lowest BCUT2D eigenvalue weighted by Crippen LogP contribution is -2.26. The molecular weight excluding hydrogens is 304 g/mol. The summed E-state index contributed by atoms with van der Waals surface area (Å²) in [6, 6.07) is 13.2. The predicted octanol–water partition coefficient (Wildman–Crippen LogP) is 2.69. The van der Waals surface area contributed by atoms with Crippen molar-refractivity contribution in [3.05, 3.63) is 59.2 Å². The molecule has 0 saturated carbocycles. The summed E-state index contributed by atoms with van der Waals surface area (Å²) in [6.07, 6.45) is 1.04. The van der Waals surface area contributed by atoms with Crippen LogP contribution in [0, 0.1) is 6.92 Å². The SMILES string of the molecule is Cc1ccccc1C(=O)NCCc1ccc2c(c1)NC(=O)CCO2. The Labute approximate surface area is 141 Å². The Morgan fingerprint density at radius 1 is 1.25 bits per heavy atom. The molecule has 0 aliphatic carbocycles. The summed E-state index contributed by atoms with van der Waals surface area (Å²) in [4.78, 5) is 23.8. The molecule has 0 bridgehead atoms. The van der Waals surface area contributed by atoms with Gasteiger partial charge in [-0.15, -0.1) is 0 Å². The Hall–Kier alpha value is -2.82. The third-order valence-electron chi connectivity index (χ3n) is 3.99. The maximum absolute atomic E-state index is 12.2. The average Bonchev–Trinajstić information content (AvgIpc) is 2.75. The molecule has 0 radical (unpaired) electrons. The zero-order valence-electron chi connectivity index (χ0n) is 13.6. The summed E-state index contributed by atoms with van der Waals surface area (Å²) in [5.41, 5.74) is 3.38. The first-order valence-electron chi connectivity index (χ1n) is 8.03. The number of ether oxygens (including phenoxy) is 1. The van der Waals surface area contributed by atoms with E-state index in [1.165, 1.54) is 0 Å². The van der Waals surface area contributed by atoms with E-state index in [-0.39, 0.29) is 11.8 Å². The van der Waals surface area contributed by atoms with Crippen LogP contribution in [-0.4, -0.2) is 25.0 Å². The molecule has 0 spiro atoms. The molecule has 124 valence electrons. The summed E-state index contributed by atoms with van der Waals surface area (Å²) in [7, 11) is 0. The molecule has 0 fully saturated rings. The Balaban J connectivity index is 1.60. The topological polar surface area (TPSA) is 67.4 Å². The third-order valence-corrected chi connectivity index (χ3v) is 3.99. The van der Waals surface area contributed by atoms with Gasteiger partial charge >= 0.3 is 0 Å². The van der Waals surface area contributed by atoms with Gasteiger partial charge in [0.1, 0.15) is 5.75 Å². The van der Waals surface area contributed by atoms with Gasteiger partial charge in [0.15, 0.2) is 0 Å². The van der Waals surface area contributed by atoms with Gasteiger partial charge in [0.05, 0.1) is 18.7 Å².